The van der Waals surface area contributed by atoms with Crippen LogP contribution in [0.5, 0.6) is 0 Å². The molecular weight excluding hydrogens is 289 g/mol. The van der Waals surface area contributed by atoms with Crippen molar-refractivity contribution in [2.24, 2.45) is 0 Å². The molecule has 3 nitrogen and oxygen atoms in total. The number of nitro benzene ring substituents is 1. The molecule has 0 unspecified atom stereocenters. The number of hydrogen-bond donors (Lipinski definition) is 0. The first kappa shape index (κ1) is 15.5. The Kier molecular flexibility index (Phi) is 4.96. The summed E-state index contributed by atoms with van der Waals surface area (Å²) in [7, 11) is 0. The molecule has 2 aromatic rings. The molecule has 0 aliphatic carbocycles. The fourth-order valence-corrected chi connectivity index (χ4v) is 3.20. The second kappa shape index (κ2) is 6.72. The summed E-state index contributed by atoms with van der Waals surface area (Å²) in [6.07, 6.45) is 0. The van der Waals surface area contributed by atoms with Crippen LogP contribution in [0, 0.1) is 29.8 Å². The molecule has 0 aliphatic heterocycles. The van der Waals surface area contributed by atoms with Crippen molar-refractivity contribution in [2.45, 2.75) is 25.4 Å². The second-order valence-electron chi connectivity index (χ2n) is 5.00. The maximum Gasteiger partial charge on any atom is 0.305 e. The van der Waals surface area contributed by atoms with Gasteiger partial charge in [0.15, 0.2) is 0 Å². The predicted molar refractivity (Wildman–Crippen MR) is 84.0 cm³/mol. The lowest BCUT2D eigenvalue weighted by molar-refractivity contribution is -0.387. The SMILES string of the molecule is Cc1cc(C)cc(CSCc2cccc([N+](=O)[O-])c2F)c1. The zero-order chi connectivity index (χ0) is 15.4. The lowest BCUT2D eigenvalue weighted by Crippen LogP contribution is -1.96. The molecular formula is C16H16FNO2S. The van der Waals surface area contributed by atoms with Crippen LogP contribution in [-0.2, 0) is 11.5 Å². The predicted octanol–water partition coefficient (Wildman–Crippen LogP) is 4.78. The molecule has 0 saturated heterocycles. The fraction of sp³-hybridized carbons (Fsp3) is 0.250. The van der Waals surface area contributed by atoms with Gasteiger partial charge in [-0.15, -0.1) is 0 Å². The van der Waals surface area contributed by atoms with E-state index in [1.54, 1.807) is 17.8 Å². The number of nitrogens with zero attached hydrogens (tertiary/aromatic N) is 1. The van der Waals surface area contributed by atoms with Crippen LogP contribution >= 0.6 is 11.8 Å². The minimum absolute atomic E-state index is 0.374. The van der Waals surface area contributed by atoms with E-state index in [0.717, 1.165) is 5.75 Å². The molecule has 0 spiro atoms. The molecule has 0 aliphatic rings. The molecule has 110 valence electrons. The molecule has 0 amide bonds. The Bertz CT molecular complexity index is 653. The van der Waals surface area contributed by atoms with E-state index in [1.165, 1.54) is 28.8 Å². The second-order valence-corrected chi connectivity index (χ2v) is 5.98. The van der Waals surface area contributed by atoms with Crippen LogP contribution < -0.4 is 0 Å². The highest BCUT2D eigenvalue weighted by Crippen LogP contribution is 2.25. The smallest absolute Gasteiger partial charge is 0.258 e. The fourth-order valence-electron chi connectivity index (χ4n) is 2.25. The molecule has 0 radical (unpaired) electrons. The quantitative estimate of drug-likeness (QED) is 0.589. The van der Waals surface area contributed by atoms with Crippen LogP contribution in [0.25, 0.3) is 0 Å². The summed E-state index contributed by atoms with van der Waals surface area (Å²) in [4.78, 5) is 10.0. The zero-order valence-corrected chi connectivity index (χ0v) is 12.7. The summed E-state index contributed by atoms with van der Waals surface area (Å²) in [6, 6.07) is 10.6. The number of nitro groups is 1. The first-order valence-corrected chi connectivity index (χ1v) is 7.69. The number of rotatable bonds is 5. The van der Waals surface area contributed by atoms with E-state index in [0.29, 0.717) is 11.3 Å². The Morgan fingerprint density at radius 2 is 1.81 bits per heavy atom. The molecule has 5 heteroatoms. The topological polar surface area (TPSA) is 43.1 Å². The molecule has 2 rings (SSSR count). The Morgan fingerprint density at radius 1 is 1.14 bits per heavy atom. The third-order valence-electron chi connectivity index (χ3n) is 3.06. The number of halogens is 1. The summed E-state index contributed by atoms with van der Waals surface area (Å²) >= 11 is 1.55. The minimum Gasteiger partial charge on any atom is -0.258 e. The first-order valence-electron chi connectivity index (χ1n) is 6.54. The minimum atomic E-state index is -0.726. The third-order valence-corrected chi connectivity index (χ3v) is 4.12. The van der Waals surface area contributed by atoms with Gasteiger partial charge in [0, 0.05) is 23.1 Å². The van der Waals surface area contributed by atoms with Gasteiger partial charge >= 0.3 is 5.69 Å². The van der Waals surface area contributed by atoms with E-state index in [2.05, 4.69) is 18.2 Å². The van der Waals surface area contributed by atoms with Crippen molar-refractivity contribution in [3.63, 3.8) is 0 Å². The van der Waals surface area contributed by atoms with Crippen molar-refractivity contribution in [2.75, 3.05) is 0 Å². The summed E-state index contributed by atoms with van der Waals surface area (Å²) < 4.78 is 13.9. The largest absolute Gasteiger partial charge is 0.305 e. The summed E-state index contributed by atoms with van der Waals surface area (Å²) in [5.74, 6) is 0.445. The Labute approximate surface area is 127 Å². The summed E-state index contributed by atoms with van der Waals surface area (Å²) in [6.45, 7) is 4.09. The van der Waals surface area contributed by atoms with Crippen molar-refractivity contribution in [3.05, 3.63) is 74.6 Å². The number of hydrogen-bond acceptors (Lipinski definition) is 3. The molecule has 0 fully saturated rings. The maximum absolute atomic E-state index is 13.9. The van der Waals surface area contributed by atoms with E-state index in [-0.39, 0.29) is 0 Å². The normalized spacial score (nSPS) is 10.6. The van der Waals surface area contributed by atoms with Gasteiger partial charge in [0.25, 0.3) is 0 Å². The van der Waals surface area contributed by atoms with Crippen LogP contribution in [-0.4, -0.2) is 4.92 Å². The van der Waals surface area contributed by atoms with Crippen molar-refractivity contribution in [1.82, 2.24) is 0 Å². The van der Waals surface area contributed by atoms with Gasteiger partial charge in [-0.25, -0.2) is 0 Å². The van der Waals surface area contributed by atoms with Crippen molar-refractivity contribution in [1.29, 1.82) is 0 Å². The summed E-state index contributed by atoms with van der Waals surface area (Å²) in [5, 5.41) is 10.7. The van der Waals surface area contributed by atoms with Crippen LogP contribution in [0.1, 0.15) is 22.3 Å². The van der Waals surface area contributed by atoms with Crippen LogP contribution in [0.15, 0.2) is 36.4 Å². The number of aryl methyl sites for hydroxylation is 2. The van der Waals surface area contributed by atoms with Gasteiger partial charge in [-0.2, -0.15) is 16.2 Å². The highest BCUT2D eigenvalue weighted by atomic mass is 32.2. The Hall–Kier alpha value is -1.88. The first-order chi connectivity index (χ1) is 9.97. The standard InChI is InChI=1S/C16H16FNO2S/c1-11-6-12(2)8-13(7-11)9-21-10-14-4-3-5-15(16(14)17)18(19)20/h3-8H,9-10H2,1-2H3. The molecule has 0 atom stereocenters. The highest BCUT2D eigenvalue weighted by molar-refractivity contribution is 7.97. The van der Waals surface area contributed by atoms with E-state index < -0.39 is 16.4 Å². The maximum atomic E-state index is 13.9. The molecule has 0 bridgehead atoms. The van der Waals surface area contributed by atoms with E-state index in [1.807, 2.05) is 13.8 Å². The van der Waals surface area contributed by atoms with Crippen LogP contribution in [0.2, 0.25) is 0 Å². The Morgan fingerprint density at radius 3 is 2.43 bits per heavy atom. The van der Waals surface area contributed by atoms with E-state index in [4.69, 9.17) is 0 Å². The van der Waals surface area contributed by atoms with Gasteiger partial charge < -0.3 is 0 Å². The molecule has 2 aromatic carbocycles. The molecule has 0 saturated carbocycles. The van der Waals surface area contributed by atoms with E-state index >= 15 is 0 Å². The lowest BCUT2D eigenvalue weighted by atomic mass is 10.1. The van der Waals surface area contributed by atoms with Crippen LogP contribution in [0.3, 0.4) is 0 Å². The summed E-state index contributed by atoms with van der Waals surface area (Å²) in [5.41, 5.74) is 3.50. The lowest BCUT2D eigenvalue weighted by Gasteiger charge is -2.06. The van der Waals surface area contributed by atoms with Gasteiger partial charge in [0.2, 0.25) is 5.82 Å². The van der Waals surface area contributed by atoms with Gasteiger partial charge in [-0.05, 0) is 19.4 Å². The molecule has 0 heterocycles. The number of thioether (sulfide) groups is 1. The number of benzene rings is 2. The zero-order valence-electron chi connectivity index (χ0n) is 11.9. The Balaban J connectivity index is 2.04. The highest BCUT2D eigenvalue weighted by Gasteiger charge is 2.16. The average Bonchev–Trinajstić information content (AvgIpc) is 2.39. The van der Waals surface area contributed by atoms with E-state index in [9.17, 15) is 14.5 Å². The van der Waals surface area contributed by atoms with Crippen LogP contribution in [0.4, 0.5) is 10.1 Å². The van der Waals surface area contributed by atoms with Crippen molar-refractivity contribution >= 4 is 17.4 Å². The third kappa shape index (κ3) is 4.04. The van der Waals surface area contributed by atoms with Crippen molar-refractivity contribution < 1.29 is 9.31 Å². The molecule has 0 aromatic heterocycles. The average molecular weight is 305 g/mol. The van der Waals surface area contributed by atoms with Gasteiger partial charge in [0.1, 0.15) is 0 Å². The van der Waals surface area contributed by atoms with Gasteiger partial charge in [0.05, 0.1) is 4.92 Å². The monoisotopic (exact) mass is 305 g/mol. The molecule has 0 N–H and O–H groups in total. The van der Waals surface area contributed by atoms with Gasteiger partial charge in [-0.1, -0.05) is 41.5 Å². The van der Waals surface area contributed by atoms with Gasteiger partial charge in [-0.3, -0.25) is 10.1 Å². The van der Waals surface area contributed by atoms with Crippen molar-refractivity contribution in [3.8, 4) is 0 Å². The molecule has 21 heavy (non-hydrogen) atoms.